The number of hydrogen-bond acceptors (Lipinski definition) is 6. The molecule has 0 saturated heterocycles. The zero-order valence-electron chi connectivity index (χ0n) is 20.0. The summed E-state index contributed by atoms with van der Waals surface area (Å²) in [5.74, 6) is 0.743. The number of aryl methyl sites for hydroxylation is 2. The summed E-state index contributed by atoms with van der Waals surface area (Å²) in [5, 5.41) is 4.37. The van der Waals surface area contributed by atoms with Crippen molar-refractivity contribution in [1.29, 1.82) is 0 Å². The molecule has 1 amide bonds. The van der Waals surface area contributed by atoms with Crippen molar-refractivity contribution in [2.24, 2.45) is 0 Å². The van der Waals surface area contributed by atoms with Gasteiger partial charge in [0.1, 0.15) is 16.5 Å². The van der Waals surface area contributed by atoms with Crippen molar-refractivity contribution in [3.05, 3.63) is 69.8 Å². The molecule has 1 aliphatic rings. The van der Waals surface area contributed by atoms with Gasteiger partial charge in [-0.3, -0.25) is 4.79 Å². The van der Waals surface area contributed by atoms with Crippen LogP contribution in [0.4, 0.5) is 5.00 Å². The van der Waals surface area contributed by atoms with E-state index in [0.717, 1.165) is 55.2 Å². The van der Waals surface area contributed by atoms with Crippen molar-refractivity contribution in [2.45, 2.75) is 52.4 Å². The van der Waals surface area contributed by atoms with Gasteiger partial charge >= 0.3 is 5.97 Å². The predicted octanol–water partition coefficient (Wildman–Crippen LogP) is 6.95. The third-order valence-corrected chi connectivity index (χ3v) is 7.45. The molecule has 0 aliphatic heterocycles. The van der Waals surface area contributed by atoms with Crippen LogP contribution in [0.25, 0.3) is 22.4 Å². The van der Waals surface area contributed by atoms with E-state index in [0.29, 0.717) is 39.7 Å². The molecule has 0 saturated carbocycles. The Labute approximate surface area is 208 Å². The molecule has 0 unspecified atom stereocenters. The third-order valence-electron chi connectivity index (χ3n) is 6.24. The molecule has 3 heterocycles. The number of carbonyl (C=O) groups is 2. The van der Waals surface area contributed by atoms with E-state index in [2.05, 4.69) is 5.32 Å². The number of hydrogen-bond donors (Lipinski definition) is 1. The molecule has 0 fully saturated rings. The lowest BCUT2D eigenvalue weighted by molar-refractivity contribution is 0.0505. The SMILES string of the molecule is CCCOC(=O)c1c(NC(=O)c2cc(-c3ccc(C)o3)nc3ccccc23)sc2c1CCCCC2. The summed E-state index contributed by atoms with van der Waals surface area (Å²) in [6.07, 6.45) is 5.77. The first-order valence-electron chi connectivity index (χ1n) is 12.1. The fraction of sp³-hybridized carbons (Fsp3) is 0.321. The third kappa shape index (κ3) is 4.73. The molecule has 3 aromatic heterocycles. The van der Waals surface area contributed by atoms with Gasteiger partial charge < -0.3 is 14.5 Å². The number of carbonyl (C=O) groups excluding carboxylic acids is 2. The molecule has 1 aliphatic carbocycles. The minimum absolute atomic E-state index is 0.283. The average molecular weight is 489 g/mol. The number of pyridine rings is 1. The second kappa shape index (κ2) is 10.0. The lowest BCUT2D eigenvalue weighted by atomic mass is 10.0. The molecular weight excluding hydrogens is 460 g/mol. The van der Waals surface area contributed by atoms with Crippen molar-refractivity contribution in [1.82, 2.24) is 4.98 Å². The van der Waals surface area contributed by atoms with Crippen LogP contribution < -0.4 is 5.32 Å². The molecule has 0 spiro atoms. The van der Waals surface area contributed by atoms with Gasteiger partial charge in [0.2, 0.25) is 0 Å². The predicted molar refractivity (Wildman–Crippen MR) is 138 cm³/mol. The lowest BCUT2D eigenvalue weighted by Gasteiger charge is -2.11. The van der Waals surface area contributed by atoms with Crippen LogP contribution in [0.5, 0.6) is 0 Å². The number of fused-ring (bicyclic) bond motifs is 2. The smallest absolute Gasteiger partial charge is 0.341 e. The Morgan fingerprint density at radius 3 is 2.74 bits per heavy atom. The van der Waals surface area contributed by atoms with Gasteiger partial charge in [0.05, 0.1) is 23.3 Å². The van der Waals surface area contributed by atoms with Gasteiger partial charge in [-0.15, -0.1) is 11.3 Å². The number of nitrogens with one attached hydrogen (secondary N) is 1. The highest BCUT2D eigenvalue weighted by Crippen LogP contribution is 2.38. The fourth-order valence-electron chi connectivity index (χ4n) is 4.55. The summed E-state index contributed by atoms with van der Waals surface area (Å²) in [6.45, 7) is 4.20. The molecule has 1 N–H and O–H groups in total. The Kier molecular flexibility index (Phi) is 6.68. The number of anilines is 1. The zero-order chi connectivity index (χ0) is 24.4. The van der Waals surface area contributed by atoms with E-state index in [4.69, 9.17) is 14.1 Å². The van der Waals surface area contributed by atoms with E-state index in [1.165, 1.54) is 16.2 Å². The van der Waals surface area contributed by atoms with Gasteiger partial charge in [0, 0.05) is 10.3 Å². The van der Waals surface area contributed by atoms with Crippen molar-refractivity contribution in [2.75, 3.05) is 11.9 Å². The van der Waals surface area contributed by atoms with Crippen LogP contribution >= 0.6 is 11.3 Å². The number of para-hydroxylation sites is 1. The van der Waals surface area contributed by atoms with Crippen molar-refractivity contribution in [3.63, 3.8) is 0 Å². The highest BCUT2D eigenvalue weighted by molar-refractivity contribution is 7.17. The first-order valence-corrected chi connectivity index (χ1v) is 13.0. The van der Waals surface area contributed by atoms with Gasteiger partial charge in [0.15, 0.2) is 5.76 Å². The molecule has 180 valence electrons. The summed E-state index contributed by atoms with van der Waals surface area (Å²) in [4.78, 5) is 32.6. The Hall–Kier alpha value is -3.45. The maximum Gasteiger partial charge on any atom is 0.341 e. The molecule has 35 heavy (non-hydrogen) atoms. The summed E-state index contributed by atoms with van der Waals surface area (Å²) < 4.78 is 11.3. The monoisotopic (exact) mass is 488 g/mol. The molecule has 6 nitrogen and oxygen atoms in total. The maximum absolute atomic E-state index is 13.7. The molecule has 0 atom stereocenters. The van der Waals surface area contributed by atoms with Crippen molar-refractivity contribution in [3.8, 4) is 11.5 Å². The number of thiophene rings is 1. The number of furan rings is 1. The molecular formula is C28H28N2O4S. The van der Waals surface area contributed by atoms with Crippen LogP contribution in [0.3, 0.4) is 0 Å². The largest absolute Gasteiger partial charge is 0.462 e. The standard InChI is InChI=1S/C28H28N2O4S/c1-3-15-33-28(32)25-19-10-5-4-6-12-24(19)35-27(25)30-26(31)20-16-22(23-14-13-17(2)34-23)29-21-11-8-7-9-18(20)21/h7-9,11,13-14,16H,3-6,10,12,15H2,1-2H3,(H,30,31). The Bertz CT molecular complexity index is 1400. The number of benzene rings is 1. The van der Waals surface area contributed by atoms with Gasteiger partial charge in [-0.2, -0.15) is 0 Å². The summed E-state index contributed by atoms with van der Waals surface area (Å²) >= 11 is 1.50. The summed E-state index contributed by atoms with van der Waals surface area (Å²) in [6, 6.07) is 13.0. The number of ether oxygens (including phenoxy) is 1. The minimum Gasteiger partial charge on any atom is -0.462 e. The molecule has 4 aromatic rings. The first-order chi connectivity index (χ1) is 17.0. The Balaban J connectivity index is 1.56. The van der Waals surface area contributed by atoms with E-state index in [-0.39, 0.29) is 11.9 Å². The highest BCUT2D eigenvalue weighted by atomic mass is 32.1. The van der Waals surface area contributed by atoms with E-state index in [9.17, 15) is 9.59 Å². The minimum atomic E-state index is -0.354. The van der Waals surface area contributed by atoms with E-state index >= 15 is 0 Å². The van der Waals surface area contributed by atoms with Crippen LogP contribution in [0.2, 0.25) is 0 Å². The zero-order valence-corrected chi connectivity index (χ0v) is 20.8. The summed E-state index contributed by atoms with van der Waals surface area (Å²) in [7, 11) is 0. The quantitative estimate of drug-likeness (QED) is 0.234. The number of nitrogens with zero attached hydrogens (tertiary/aromatic N) is 1. The molecule has 0 radical (unpaired) electrons. The second-order valence-corrected chi connectivity index (χ2v) is 9.95. The van der Waals surface area contributed by atoms with Crippen molar-refractivity contribution < 1.29 is 18.7 Å². The normalized spacial score (nSPS) is 13.3. The van der Waals surface area contributed by atoms with Crippen LogP contribution in [-0.4, -0.2) is 23.5 Å². The van der Waals surface area contributed by atoms with Crippen LogP contribution in [-0.2, 0) is 17.6 Å². The van der Waals surface area contributed by atoms with Crippen LogP contribution in [0.1, 0.15) is 69.5 Å². The lowest BCUT2D eigenvalue weighted by Crippen LogP contribution is -2.16. The summed E-state index contributed by atoms with van der Waals surface area (Å²) in [5.41, 5.74) is 3.33. The number of esters is 1. The van der Waals surface area contributed by atoms with E-state index in [1.807, 2.05) is 50.2 Å². The van der Waals surface area contributed by atoms with Gasteiger partial charge in [0.25, 0.3) is 5.91 Å². The van der Waals surface area contributed by atoms with Gasteiger partial charge in [-0.1, -0.05) is 31.5 Å². The van der Waals surface area contributed by atoms with Crippen LogP contribution in [0.15, 0.2) is 46.9 Å². The van der Waals surface area contributed by atoms with E-state index < -0.39 is 0 Å². The molecule has 0 bridgehead atoms. The first kappa shape index (κ1) is 23.3. The maximum atomic E-state index is 13.7. The topological polar surface area (TPSA) is 81.4 Å². The fourth-order valence-corrected chi connectivity index (χ4v) is 5.82. The Morgan fingerprint density at radius 2 is 1.94 bits per heavy atom. The van der Waals surface area contributed by atoms with Gasteiger partial charge in [-0.25, -0.2) is 9.78 Å². The number of amides is 1. The Morgan fingerprint density at radius 1 is 1.11 bits per heavy atom. The molecule has 5 rings (SSSR count). The highest BCUT2D eigenvalue weighted by Gasteiger charge is 2.27. The second-order valence-electron chi connectivity index (χ2n) is 8.84. The van der Waals surface area contributed by atoms with Gasteiger partial charge in [-0.05, 0) is 68.9 Å². The average Bonchev–Trinajstić information content (AvgIpc) is 3.37. The molecule has 7 heteroatoms. The van der Waals surface area contributed by atoms with Crippen LogP contribution in [0, 0.1) is 6.92 Å². The molecule has 1 aromatic carbocycles. The van der Waals surface area contributed by atoms with E-state index in [1.54, 1.807) is 6.07 Å². The van der Waals surface area contributed by atoms with Crippen molar-refractivity contribution >= 4 is 39.1 Å². The number of rotatable bonds is 6. The number of aromatic nitrogens is 1.